The molecule has 1 aromatic heterocycles. The van der Waals surface area contributed by atoms with Gasteiger partial charge < -0.3 is 15.6 Å². The normalized spacial score (nSPS) is 11.4. The van der Waals surface area contributed by atoms with Gasteiger partial charge >= 0.3 is 0 Å². The third kappa shape index (κ3) is 4.02. The highest BCUT2D eigenvalue weighted by molar-refractivity contribution is 6.06. The Hall–Kier alpha value is -2.50. The van der Waals surface area contributed by atoms with E-state index >= 15 is 0 Å². The zero-order chi connectivity index (χ0) is 14.3. The van der Waals surface area contributed by atoms with Crippen molar-refractivity contribution in [1.82, 2.24) is 20.2 Å². The Balaban J connectivity index is 3.13. The van der Waals surface area contributed by atoms with E-state index < -0.39 is 0 Å². The number of carbonyl (C=O) groups excluding carboxylic acids is 1. The van der Waals surface area contributed by atoms with Crippen LogP contribution in [0.2, 0.25) is 0 Å². The van der Waals surface area contributed by atoms with Crippen molar-refractivity contribution in [3.8, 4) is 0 Å². The summed E-state index contributed by atoms with van der Waals surface area (Å²) in [6, 6.07) is 0. The molecule has 0 fully saturated rings. The van der Waals surface area contributed by atoms with Crippen LogP contribution in [0.5, 0.6) is 0 Å². The number of hydrogen-bond donors (Lipinski definition) is 2. The van der Waals surface area contributed by atoms with Gasteiger partial charge in [0.1, 0.15) is 0 Å². The minimum atomic E-state index is 0.461. The molecule has 19 heavy (non-hydrogen) atoms. The van der Waals surface area contributed by atoms with Gasteiger partial charge in [0.15, 0.2) is 5.82 Å². The number of hydrogen-bond acceptors (Lipinski definition) is 5. The maximum absolute atomic E-state index is 10.5. The van der Waals surface area contributed by atoms with E-state index in [9.17, 15) is 4.79 Å². The first-order valence-electron chi connectivity index (χ1n) is 5.69. The summed E-state index contributed by atoms with van der Waals surface area (Å²) in [7, 11) is 3.39. The second kappa shape index (κ2) is 7.05. The molecule has 1 amide bonds. The lowest BCUT2D eigenvalue weighted by molar-refractivity contribution is -0.114. The van der Waals surface area contributed by atoms with Crippen molar-refractivity contribution >= 4 is 24.3 Å². The zero-order valence-corrected chi connectivity index (χ0v) is 11.2. The van der Waals surface area contributed by atoms with E-state index in [1.165, 1.54) is 11.1 Å². The molecule has 1 heterocycles. The molecule has 0 radical (unpaired) electrons. The lowest BCUT2D eigenvalue weighted by atomic mass is 10.2. The molecule has 0 unspecified atom stereocenters. The average Bonchev–Trinajstić information content (AvgIpc) is 2.43. The first-order chi connectivity index (χ1) is 9.12. The van der Waals surface area contributed by atoms with Crippen molar-refractivity contribution in [1.29, 1.82) is 5.41 Å². The quantitative estimate of drug-likeness (QED) is 0.591. The smallest absolute Gasteiger partial charge is 0.213 e. The minimum absolute atomic E-state index is 0.461. The molecule has 6 nitrogen and oxygen atoms in total. The van der Waals surface area contributed by atoms with Crippen LogP contribution in [0.15, 0.2) is 18.6 Å². The summed E-state index contributed by atoms with van der Waals surface area (Å²) in [6.07, 6.45) is 8.59. The van der Waals surface area contributed by atoms with E-state index in [2.05, 4.69) is 15.3 Å². The van der Waals surface area contributed by atoms with Crippen LogP contribution in [0.25, 0.3) is 11.6 Å². The number of rotatable bonds is 6. The van der Waals surface area contributed by atoms with Crippen LogP contribution in [0.4, 0.5) is 0 Å². The Kier molecular flexibility index (Phi) is 5.40. The highest BCUT2D eigenvalue weighted by Gasteiger charge is 2.05. The molecule has 0 saturated heterocycles. The highest BCUT2D eigenvalue weighted by atomic mass is 16.1. The summed E-state index contributed by atoms with van der Waals surface area (Å²) in [5, 5.41) is 10.2. The molecule has 0 aromatic carbocycles. The number of nitrogens with zero attached hydrogens (tertiary/aromatic N) is 3. The lowest BCUT2D eigenvalue weighted by Gasteiger charge is -2.06. The Bertz CT molecular complexity index is 522. The van der Waals surface area contributed by atoms with Crippen LogP contribution in [0.3, 0.4) is 0 Å². The van der Waals surface area contributed by atoms with E-state index in [4.69, 9.17) is 5.41 Å². The molecule has 2 N–H and O–H groups in total. The molecule has 0 spiro atoms. The first-order valence-corrected chi connectivity index (χ1v) is 5.69. The van der Waals surface area contributed by atoms with Gasteiger partial charge in [0.2, 0.25) is 6.41 Å². The fraction of sp³-hybridized carbons (Fsp3) is 0.231. The fourth-order valence-corrected chi connectivity index (χ4v) is 1.31. The molecular formula is C13H17N5O. The van der Waals surface area contributed by atoms with Gasteiger partial charge in [-0.3, -0.25) is 4.79 Å². The molecule has 0 saturated carbocycles. The molecule has 1 rings (SSSR count). The number of aryl methyl sites for hydroxylation is 1. The van der Waals surface area contributed by atoms with Crippen molar-refractivity contribution in [3.63, 3.8) is 0 Å². The highest BCUT2D eigenvalue weighted by Crippen LogP contribution is 2.11. The van der Waals surface area contributed by atoms with Gasteiger partial charge in [0.05, 0.1) is 11.3 Å². The molecule has 0 atom stereocenters. The summed E-state index contributed by atoms with van der Waals surface area (Å²) < 4.78 is 0. The van der Waals surface area contributed by atoms with E-state index in [-0.39, 0.29) is 0 Å². The summed E-state index contributed by atoms with van der Waals surface area (Å²) in [6.45, 7) is 1.89. The topological polar surface area (TPSA) is 82.0 Å². The number of aromatic nitrogens is 2. The van der Waals surface area contributed by atoms with Gasteiger partial charge in [-0.1, -0.05) is 0 Å². The number of nitrogens with one attached hydrogen (secondary N) is 2. The van der Waals surface area contributed by atoms with Gasteiger partial charge in [-0.2, -0.15) is 0 Å². The SMILES string of the molecule is CN/C=C(\C=N)c1ncc(C)c(/C=C\N(C)C=O)n1. The Labute approximate surface area is 112 Å². The summed E-state index contributed by atoms with van der Waals surface area (Å²) in [5.74, 6) is 0.461. The third-order valence-corrected chi connectivity index (χ3v) is 2.36. The van der Waals surface area contributed by atoms with E-state index in [1.807, 2.05) is 6.92 Å². The number of allylic oxidation sites excluding steroid dienone is 1. The molecule has 1 aromatic rings. The van der Waals surface area contributed by atoms with Crippen molar-refractivity contribution in [2.75, 3.05) is 14.1 Å². The maximum Gasteiger partial charge on any atom is 0.213 e. The monoisotopic (exact) mass is 259 g/mol. The first kappa shape index (κ1) is 14.6. The van der Waals surface area contributed by atoms with Crippen LogP contribution in [0, 0.1) is 12.3 Å². The van der Waals surface area contributed by atoms with Crippen LogP contribution >= 0.6 is 0 Å². The van der Waals surface area contributed by atoms with Crippen molar-refractivity contribution in [2.24, 2.45) is 0 Å². The summed E-state index contributed by atoms with van der Waals surface area (Å²) in [5.41, 5.74) is 2.19. The zero-order valence-electron chi connectivity index (χ0n) is 11.2. The average molecular weight is 259 g/mol. The fourth-order valence-electron chi connectivity index (χ4n) is 1.31. The van der Waals surface area contributed by atoms with Crippen molar-refractivity contribution in [2.45, 2.75) is 6.92 Å². The van der Waals surface area contributed by atoms with E-state index in [1.54, 1.807) is 38.8 Å². The van der Waals surface area contributed by atoms with Crippen LogP contribution in [-0.4, -0.2) is 41.6 Å². The number of carbonyl (C=O) groups is 1. The van der Waals surface area contributed by atoms with Gasteiger partial charge in [0, 0.05) is 38.9 Å². The van der Waals surface area contributed by atoms with Gasteiger partial charge in [-0.25, -0.2) is 9.97 Å². The van der Waals surface area contributed by atoms with Crippen LogP contribution in [-0.2, 0) is 4.79 Å². The molecular weight excluding hydrogens is 242 g/mol. The molecule has 100 valence electrons. The summed E-state index contributed by atoms with van der Waals surface area (Å²) >= 11 is 0. The van der Waals surface area contributed by atoms with Crippen LogP contribution < -0.4 is 5.32 Å². The third-order valence-electron chi connectivity index (χ3n) is 2.36. The summed E-state index contributed by atoms with van der Waals surface area (Å²) in [4.78, 5) is 20.5. The Morgan fingerprint density at radius 2 is 2.26 bits per heavy atom. The van der Waals surface area contributed by atoms with Crippen LogP contribution in [0.1, 0.15) is 17.1 Å². The van der Waals surface area contributed by atoms with Crippen molar-refractivity contribution in [3.05, 3.63) is 35.7 Å². The van der Waals surface area contributed by atoms with Gasteiger partial charge in [-0.05, 0) is 18.6 Å². The molecule has 0 aliphatic heterocycles. The lowest BCUT2D eigenvalue weighted by Crippen LogP contribution is -2.07. The molecule has 0 bridgehead atoms. The van der Waals surface area contributed by atoms with Gasteiger partial charge in [0.25, 0.3) is 0 Å². The Morgan fingerprint density at radius 1 is 1.53 bits per heavy atom. The predicted octanol–water partition coefficient (Wildman–Crippen LogP) is 1.05. The second-order valence-electron chi connectivity index (χ2n) is 3.88. The standard InChI is InChI=1S/C13H17N5O/c1-10-7-16-13(11(6-14)8-15-2)17-12(10)4-5-18(3)9-19/h4-9,14-15H,1-3H3/b5-4-,11-8+,14-6?. The van der Waals surface area contributed by atoms with E-state index in [0.29, 0.717) is 23.5 Å². The minimum Gasteiger partial charge on any atom is -0.393 e. The maximum atomic E-state index is 10.5. The molecule has 0 aliphatic rings. The second-order valence-corrected chi connectivity index (χ2v) is 3.88. The number of amides is 1. The predicted molar refractivity (Wildman–Crippen MR) is 75.5 cm³/mol. The van der Waals surface area contributed by atoms with Gasteiger partial charge in [-0.15, -0.1) is 0 Å². The van der Waals surface area contributed by atoms with E-state index in [0.717, 1.165) is 5.56 Å². The van der Waals surface area contributed by atoms with Crippen molar-refractivity contribution < 1.29 is 4.79 Å². The largest absolute Gasteiger partial charge is 0.393 e. The molecule has 0 aliphatic carbocycles. The Morgan fingerprint density at radius 3 is 2.84 bits per heavy atom. The molecule has 6 heteroatoms.